The maximum absolute atomic E-state index is 2.27. The topological polar surface area (TPSA) is 0 Å². The minimum absolute atomic E-state index is 0.744. The molecule has 0 atom stereocenters. The van der Waals surface area contributed by atoms with Crippen molar-refractivity contribution in [2.24, 2.45) is 0 Å². The van der Waals surface area contributed by atoms with Crippen LogP contribution in [0.5, 0.6) is 0 Å². The van der Waals surface area contributed by atoms with Crippen LogP contribution < -0.4 is 0 Å². The van der Waals surface area contributed by atoms with Crippen LogP contribution in [0.1, 0.15) is 0 Å². The van der Waals surface area contributed by atoms with Crippen molar-refractivity contribution in [1.82, 2.24) is 0 Å². The van der Waals surface area contributed by atoms with E-state index in [4.69, 9.17) is 0 Å². The van der Waals surface area contributed by atoms with Crippen LogP contribution in [0.25, 0.3) is 0 Å². The van der Waals surface area contributed by atoms with Gasteiger partial charge in [0, 0.05) is 87.4 Å². The van der Waals surface area contributed by atoms with Crippen LogP contribution in [-0.2, 0) is 0 Å². The third-order valence-electron chi connectivity index (χ3n) is 4.80. The van der Waals surface area contributed by atoms with Crippen molar-refractivity contribution in [1.29, 1.82) is 0 Å². The van der Waals surface area contributed by atoms with Gasteiger partial charge in [-0.05, 0) is 0 Å². The zero-order valence-electron chi connectivity index (χ0n) is 16.8. The van der Waals surface area contributed by atoms with Crippen LogP contribution in [0.2, 0.25) is 0 Å². The van der Waals surface area contributed by atoms with Crippen molar-refractivity contribution < 1.29 is 0 Å². The van der Waals surface area contributed by atoms with Crippen LogP contribution in [0, 0.1) is 0 Å². The summed E-state index contributed by atoms with van der Waals surface area (Å²) in [4.78, 5) is 0. The summed E-state index contributed by atoms with van der Waals surface area (Å²) < 4.78 is 1.49. The number of hydrogen-bond acceptors (Lipinski definition) is 12. The average molecular weight is 631 g/mol. The van der Waals surface area contributed by atoms with Gasteiger partial charge in [-0.25, -0.2) is 0 Å². The Morgan fingerprint density at radius 3 is 0.833 bits per heavy atom. The Kier molecular flexibility index (Phi) is 14.6. The summed E-state index contributed by atoms with van der Waals surface area (Å²) in [6.07, 6.45) is 0. The summed E-state index contributed by atoms with van der Waals surface area (Å²) in [6, 6.07) is 0. The molecule has 4 heterocycles. The molecule has 0 saturated carbocycles. The maximum Gasteiger partial charge on any atom is 0.0729 e. The normalized spacial score (nSPS) is 23.4. The Balaban J connectivity index is 1.23. The molecule has 0 aromatic carbocycles. The zero-order chi connectivity index (χ0) is 20.4. The van der Waals surface area contributed by atoms with Gasteiger partial charge in [-0.2, -0.15) is 47.0 Å². The average Bonchev–Trinajstić information content (AvgIpc) is 2.59. The molecule has 0 aromatic rings. The van der Waals surface area contributed by atoms with Gasteiger partial charge in [-0.1, -0.05) is 0 Å². The first-order valence-electron chi connectivity index (χ1n) is 10.1. The predicted octanol–water partition coefficient (Wildman–Crippen LogP) is 7.80. The predicted molar refractivity (Wildman–Crippen MR) is 172 cm³/mol. The lowest BCUT2D eigenvalue weighted by Gasteiger charge is -2.31. The minimum Gasteiger partial charge on any atom is -0.160 e. The van der Waals surface area contributed by atoms with Crippen molar-refractivity contribution in [3.63, 3.8) is 0 Å². The monoisotopic (exact) mass is 630 g/mol. The van der Waals surface area contributed by atoms with Gasteiger partial charge in [0.25, 0.3) is 0 Å². The van der Waals surface area contributed by atoms with Crippen molar-refractivity contribution in [3.8, 4) is 0 Å². The summed E-state index contributed by atoms with van der Waals surface area (Å²) in [7, 11) is 0. The summed E-state index contributed by atoms with van der Waals surface area (Å²) in [5.41, 5.74) is 0. The van der Waals surface area contributed by atoms with Crippen LogP contribution in [0.4, 0.5) is 0 Å². The second kappa shape index (κ2) is 16.1. The van der Waals surface area contributed by atoms with E-state index in [0.29, 0.717) is 0 Å². The molecule has 0 bridgehead atoms. The van der Waals surface area contributed by atoms with Gasteiger partial charge in [0.1, 0.15) is 0 Å². The molecule has 4 rings (SSSR count). The summed E-state index contributed by atoms with van der Waals surface area (Å²) in [5, 5.41) is 8.93. The Labute approximate surface area is 234 Å². The Morgan fingerprint density at radius 1 is 0.433 bits per heavy atom. The highest BCUT2D eigenvalue weighted by Gasteiger charge is 2.28. The highest BCUT2D eigenvalue weighted by molar-refractivity contribution is 8.32. The lowest BCUT2D eigenvalue weighted by Crippen LogP contribution is -2.24. The van der Waals surface area contributed by atoms with E-state index in [0.717, 1.165) is 30.2 Å². The van der Waals surface area contributed by atoms with Gasteiger partial charge in [-0.3, -0.25) is 0 Å². The van der Waals surface area contributed by atoms with E-state index in [1.165, 1.54) is 66.4 Å². The molecule has 0 spiro atoms. The van der Waals surface area contributed by atoms with Gasteiger partial charge in [0.15, 0.2) is 0 Å². The van der Waals surface area contributed by atoms with E-state index in [1.807, 2.05) is 0 Å². The van der Waals surface area contributed by atoms with Crippen LogP contribution in [-0.4, -0.2) is 96.5 Å². The molecule has 174 valence electrons. The summed E-state index contributed by atoms with van der Waals surface area (Å²) in [6.45, 7) is 0. The largest absolute Gasteiger partial charge is 0.160 e. The molecule has 4 aliphatic heterocycles. The van der Waals surface area contributed by atoms with Gasteiger partial charge in [0.2, 0.25) is 0 Å². The fraction of sp³-hybridized carbons (Fsp3) is 1.00. The molecule has 4 aliphatic rings. The van der Waals surface area contributed by atoms with E-state index >= 15 is 0 Å². The van der Waals surface area contributed by atoms with E-state index in [2.05, 4.69) is 141 Å². The molecule has 0 amide bonds. The highest BCUT2D eigenvalue weighted by atomic mass is 32.3. The quantitative estimate of drug-likeness (QED) is 0.144. The molecular weight excluding hydrogens is 601 g/mol. The fourth-order valence-corrected chi connectivity index (χ4v) is 21.3. The molecule has 0 radical (unpaired) electrons. The molecule has 0 aromatic heterocycles. The zero-order valence-corrected chi connectivity index (χ0v) is 26.6. The number of hydrogen-bond donors (Lipinski definition) is 0. The SMILES string of the molecule is C(SC1CSC1)SC(SCSC1CSC1)C(SCSC1CSC1)SCSC1CSC1. The standard InChI is InChI=1S/C18H30S12/c1-13(2-19-1)23-9-27-17(28-10-24-14-3-20-4-14)18(29-11-25-15-5-21-6-15)30-12-26-16-7-22-8-16/h13-18H,1-12H2. The molecule has 0 aliphatic carbocycles. The third-order valence-corrected chi connectivity index (χ3v) is 23.9. The molecular formula is C18H30S12. The van der Waals surface area contributed by atoms with E-state index in [1.54, 1.807) is 0 Å². The van der Waals surface area contributed by atoms with Crippen molar-refractivity contribution in [2.45, 2.75) is 30.2 Å². The highest BCUT2D eigenvalue weighted by Crippen LogP contribution is 2.47. The third kappa shape index (κ3) is 9.92. The summed E-state index contributed by atoms with van der Waals surface area (Å²) in [5.74, 6) is 11.1. The molecule has 4 fully saturated rings. The first-order chi connectivity index (χ1) is 14.9. The second-order valence-electron chi connectivity index (χ2n) is 7.18. The number of rotatable bonds is 17. The maximum atomic E-state index is 2.27. The van der Waals surface area contributed by atoms with Crippen LogP contribution >= 0.6 is 141 Å². The fourth-order valence-electron chi connectivity index (χ4n) is 2.46. The number of thioether (sulfide) groups is 12. The lowest BCUT2D eigenvalue weighted by atomic mass is 10.5. The van der Waals surface area contributed by atoms with E-state index < -0.39 is 0 Å². The van der Waals surface area contributed by atoms with Gasteiger partial charge < -0.3 is 0 Å². The molecule has 30 heavy (non-hydrogen) atoms. The Bertz CT molecular complexity index is 384. The van der Waals surface area contributed by atoms with E-state index in [-0.39, 0.29) is 0 Å². The Hall–Kier alpha value is 4.20. The first kappa shape index (κ1) is 27.2. The van der Waals surface area contributed by atoms with Gasteiger partial charge in [0.05, 0.1) is 9.16 Å². The summed E-state index contributed by atoms with van der Waals surface area (Å²) >= 11 is 26.5. The Morgan fingerprint density at radius 2 is 0.667 bits per heavy atom. The lowest BCUT2D eigenvalue weighted by molar-refractivity contribution is 1.09. The minimum atomic E-state index is 0.744. The van der Waals surface area contributed by atoms with Crippen molar-refractivity contribution in [3.05, 3.63) is 0 Å². The smallest absolute Gasteiger partial charge is 0.0729 e. The van der Waals surface area contributed by atoms with Crippen molar-refractivity contribution >= 4 is 141 Å². The molecule has 12 heteroatoms. The first-order valence-corrected chi connectivity index (χ1v) is 23.1. The van der Waals surface area contributed by atoms with Gasteiger partial charge >= 0.3 is 0 Å². The van der Waals surface area contributed by atoms with Gasteiger partial charge in [-0.15, -0.1) is 94.1 Å². The van der Waals surface area contributed by atoms with Crippen molar-refractivity contribution in [2.75, 3.05) is 66.4 Å². The second-order valence-corrected chi connectivity index (χ2v) is 23.2. The van der Waals surface area contributed by atoms with Crippen LogP contribution in [0.15, 0.2) is 0 Å². The molecule has 4 saturated heterocycles. The molecule has 0 N–H and O–H groups in total. The van der Waals surface area contributed by atoms with Crippen LogP contribution in [0.3, 0.4) is 0 Å². The molecule has 0 nitrogen and oxygen atoms in total. The molecule has 0 unspecified atom stereocenters. The van der Waals surface area contributed by atoms with E-state index in [9.17, 15) is 0 Å².